The molecule has 0 amide bonds. The van der Waals surface area contributed by atoms with Gasteiger partial charge in [-0.3, -0.25) is 0 Å². The Labute approximate surface area is 60.9 Å². The Balaban J connectivity index is 2.59. The number of carbonyl (C=O) groups excluding carboxylic acids is 1. The van der Waals surface area contributed by atoms with Gasteiger partial charge in [0.1, 0.15) is 0 Å². The minimum Gasteiger partial charge on any atom is -0.439 e. The molecule has 1 aliphatic rings. The standard InChI is InChI=1S/C8H12O2/c1-10-8(9)7-5-3-2-4-6-7/h1-6H2. The van der Waals surface area contributed by atoms with E-state index in [1.165, 1.54) is 6.42 Å². The summed E-state index contributed by atoms with van der Waals surface area (Å²) < 4.78 is 4.36. The van der Waals surface area contributed by atoms with E-state index in [-0.39, 0.29) is 5.95 Å². The summed E-state index contributed by atoms with van der Waals surface area (Å²) in [4.78, 5) is 0. The molecule has 0 radical (unpaired) electrons. The zero-order valence-corrected chi connectivity index (χ0v) is 6.06. The third-order valence-corrected chi connectivity index (χ3v) is 1.88. The van der Waals surface area contributed by atoms with Gasteiger partial charge >= 0.3 is 5.95 Å². The van der Waals surface area contributed by atoms with Crippen LogP contribution in [0.15, 0.2) is 11.5 Å². The molecular weight excluding hydrogens is 128 g/mol. The van der Waals surface area contributed by atoms with Crippen LogP contribution in [0.5, 0.6) is 0 Å². The minimum absolute atomic E-state index is 0.209. The van der Waals surface area contributed by atoms with Crippen LogP contribution in [0.3, 0.4) is 0 Å². The van der Waals surface area contributed by atoms with Crippen molar-refractivity contribution in [3.63, 3.8) is 0 Å². The molecule has 2 heteroatoms. The molecule has 1 fully saturated rings. The zero-order valence-electron chi connectivity index (χ0n) is 6.06. The lowest BCUT2D eigenvalue weighted by Gasteiger charge is -2.11. The Morgan fingerprint density at radius 2 is 1.90 bits per heavy atom. The molecule has 0 spiro atoms. The maximum atomic E-state index is 10.8. The summed E-state index contributed by atoms with van der Waals surface area (Å²) in [6.45, 7) is 3.09. The Morgan fingerprint density at radius 3 is 2.40 bits per heavy atom. The lowest BCUT2D eigenvalue weighted by Crippen LogP contribution is -2.09. The predicted octanol–water partition coefficient (Wildman–Crippen LogP) is 0.887. The topological polar surface area (TPSA) is 34.4 Å². The highest BCUT2D eigenvalue weighted by Gasteiger charge is 2.11. The summed E-state index contributed by atoms with van der Waals surface area (Å²) >= 11 is 0. The lowest BCUT2D eigenvalue weighted by atomic mass is 9.96. The third-order valence-electron chi connectivity index (χ3n) is 1.88. The van der Waals surface area contributed by atoms with Gasteiger partial charge in [-0.05, 0) is 25.7 Å². The van der Waals surface area contributed by atoms with E-state index in [1.54, 1.807) is 0 Å². The number of hydrogen-bond donors (Lipinski definition) is 0. The van der Waals surface area contributed by atoms with Crippen molar-refractivity contribution in [3.8, 4) is 0 Å². The molecule has 1 saturated carbocycles. The van der Waals surface area contributed by atoms with Crippen LogP contribution in [-0.4, -0.2) is 6.79 Å². The quantitative estimate of drug-likeness (QED) is 0.393. The molecule has 10 heavy (non-hydrogen) atoms. The van der Waals surface area contributed by atoms with Crippen molar-refractivity contribution in [3.05, 3.63) is 11.5 Å². The third kappa shape index (κ3) is 1.59. The smallest absolute Gasteiger partial charge is 0.334 e. The highest BCUT2D eigenvalue weighted by Crippen LogP contribution is 2.23. The average molecular weight is 140 g/mol. The van der Waals surface area contributed by atoms with Crippen LogP contribution in [0, 0.1) is 0 Å². The Bertz CT molecular complexity index is 151. The fourth-order valence-electron chi connectivity index (χ4n) is 1.28. The van der Waals surface area contributed by atoms with Gasteiger partial charge in [-0.2, -0.15) is 0 Å². The second-order valence-electron chi connectivity index (χ2n) is 2.60. The van der Waals surface area contributed by atoms with Gasteiger partial charge in [0.05, 0.1) is 6.79 Å². The van der Waals surface area contributed by atoms with Gasteiger partial charge in [0, 0.05) is 5.57 Å². The van der Waals surface area contributed by atoms with E-state index < -0.39 is 0 Å². The fraction of sp³-hybridized carbons (Fsp3) is 0.625. The monoisotopic (exact) mass is 140 g/mol. The van der Waals surface area contributed by atoms with Crippen molar-refractivity contribution in [2.45, 2.75) is 32.1 Å². The van der Waals surface area contributed by atoms with Gasteiger partial charge in [0.15, 0.2) is 0 Å². The first-order valence-corrected chi connectivity index (χ1v) is 3.65. The molecule has 1 aliphatic carbocycles. The van der Waals surface area contributed by atoms with Crippen molar-refractivity contribution in [1.82, 2.24) is 0 Å². The maximum absolute atomic E-state index is 10.8. The van der Waals surface area contributed by atoms with Crippen molar-refractivity contribution < 1.29 is 9.53 Å². The van der Waals surface area contributed by atoms with Crippen LogP contribution in [0.4, 0.5) is 0 Å². The molecule has 56 valence electrons. The Kier molecular flexibility index (Phi) is 2.49. The molecule has 0 heterocycles. The van der Waals surface area contributed by atoms with Gasteiger partial charge in [-0.1, -0.05) is 6.42 Å². The van der Waals surface area contributed by atoms with E-state index in [0.717, 1.165) is 31.3 Å². The zero-order chi connectivity index (χ0) is 7.40. The molecule has 0 aromatic rings. The molecule has 0 aromatic heterocycles. The van der Waals surface area contributed by atoms with Crippen LogP contribution in [-0.2, 0) is 4.42 Å². The van der Waals surface area contributed by atoms with E-state index in [2.05, 4.69) is 11.2 Å². The maximum Gasteiger partial charge on any atom is 0.334 e. The van der Waals surface area contributed by atoms with E-state index in [0.29, 0.717) is 0 Å². The van der Waals surface area contributed by atoms with Crippen LogP contribution in [0.2, 0.25) is 0 Å². The van der Waals surface area contributed by atoms with Crippen molar-refractivity contribution >= 4 is 6.79 Å². The largest absolute Gasteiger partial charge is 0.439 e. The second-order valence-corrected chi connectivity index (χ2v) is 2.60. The van der Waals surface area contributed by atoms with Crippen molar-refractivity contribution in [1.29, 1.82) is 0 Å². The predicted molar refractivity (Wildman–Crippen MR) is 37.2 cm³/mol. The molecule has 0 atom stereocenters. The summed E-state index contributed by atoms with van der Waals surface area (Å²) in [5, 5.41) is 10.8. The summed E-state index contributed by atoms with van der Waals surface area (Å²) in [5.41, 5.74) is 0.918. The first kappa shape index (κ1) is 7.32. The van der Waals surface area contributed by atoms with Crippen molar-refractivity contribution in [2.24, 2.45) is 0 Å². The van der Waals surface area contributed by atoms with Crippen LogP contribution < -0.4 is 5.11 Å². The van der Waals surface area contributed by atoms with Gasteiger partial charge in [0.2, 0.25) is 0 Å². The molecule has 0 aliphatic heterocycles. The van der Waals surface area contributed by atoms with Gasteiger partial charge in [-0.25, -0.2) is 5.11 Å². The molecule has 0 saturated heterocycles. The Morgan fingerprint density at radius 1 is 1.30 bits per heavy atom. The molecule has 0 aromatic carbocycles. The van der Waals surface area contributed by atoms with Crippen molar-refractivity contribution in [2.75, 3.05) is 0 Å². The SMILES string of the molecule is C=[O+]C([O-])=C1CCCCC1. The summed E-state index contributed by atoms with van der Waals surface area (Å²) in [6, 6.07) is 0. The molecule has 1 rings (SSSR count). The second kappa shape index (κ2) is 3.40. The first-order chi connectivity index (χ1) is 4.84. The molecule has 0 unspecified atom stereocenters. The average Bonchev–Trinajstić information content (AvgIpc) is 2.05. The lowest BCUT2D eigenvalue weighted by molar-refractivity contribution is -0.558. The Hall–Kier alpha value is -0.790. The van der Waals surface area contributed by atoms with E-state index in [9.17, 15) is 5.11 Å². The minimum atomic E-state index is -0.209. The number of hydrogen-bond acceptors (Lipinski definition) is 1. The summed E-state index contributed by atoms with van der Waals surface area (Å²) in [5.74, 6) is -0.209. The summed E-state index contributed by atoms with van der Waals surface area (Å²) in [6.07, 6.45) is 5.32. The first-order valence-electron chi connectivity index (χ1n) is 3.65. The molecular formula is C8H12O2. The number of allylic oxidation sites excluding steroid dienone is 1. The van der Waals surface area contributed by atoms with Gasteiger partial charge < -0.3 is 4.42 Å². The fourth-order valence-corrected chi connectivity index (χ4v) is 1.28. The summed E-state index contributed by atoms with van der Waals surface area (Å²) in [7, 11) is 0. The van der Waals surface area contributed by atoms with Crippen LogP contribution >= 0.6 is 0 Å². The molecule has 0 bridgehead atoms. The van der Waals surface area contributed by atoms with E-state index >= 15 is 0 Å². The molecule has 0 N–H and O–H groups in total. The van der Waals surface area contributed by atoms with E-state index in [1.807, 2.05) is 0 Å². The number of rotatable bonds is 1. The van der Waals surface area contributed by atoms with Crippen LogP contribution in [0.25, 0.3) is 0 Å². The van der Waals surface area contributed by atoms with Gasteiger partial charge in [0.25, 0.3) is 0 Å². The highest BCUT2D eigenvalue weighted by molar-refractivity contribution is 5.14. The normalized spacial score (nSPS) is 18.6. The highest BCUT2D eigenvalue weighted by atomic mass is 16.5. The van der Waals surface area contributed by atoms with Gasteiger partial charge in [-0.15, -0.1) is 0 Å². The molecule has 2 nitrogen and oxygen atoms in total. The van der Waals surface area contributed by atoms with E-state index in [4.69, 9.17) is 0 Å². The van der Waals surface area contributed by atoms with Crippen LogP contribution in [0.1, 0.15) is 32.1 Å².